The summed E-state index contributed by atoms with van der Waals surface area (Å²) >= 11 is 0. The van der Waals surface area contributed by atoms with Gasteiger partial charge in [0.1, 0.15) is 0 Å². The van der Waals surface area contributed by atoms with Gasteiger partial charge >= 0.3 is 0 Å². The molecule has 3 rings (SSSR count). The van der Waals surface area contributed by atoms with E-state index >= 15 is 0 Å². The molecule has 138 valence electrons. The standard InChI is InChI=1S/C23H30N2O/c1-15(2)11-14-20(26)25-23(18-9-7-6-8-10-18)21-17(5)12-13-19(16(3)4)22(21)24-25/h6-11,14-17,19H,12-13H2,1-5H3/b14-11+/t17-,19+/m1/s1. The molecule has 3 heteroatoms. The summed E-state index contributed by atoms with van der Waals surface area (Å²) in [7, 11) is 0. The molecule has 1 aromatic carbocycles. The molecule has 0 unspecified atom stereocenters. The first-order valence-electron chi connectivity index (χ1n) is 9.80. The Hall–Kier alpha value is -2.16. The molecule has 1 aliphatic carbocycles. The summed E-state index contributed by atoms with van der Waals surface area (Å²) in [5.41, 5.74) is 4.46. The SMILES string of the molecule is CC(C)/C=C/C(=O)n1nc2c(c1-c1ccccc1)[C@H](C)CC[C@H]2C(C)C. The second kappa shape index (κ2) is 7.61. The molecule has 0 saturated heterocycles. The van der Waals surface area contributed by atoms with Gasteiger partial charge < -0.3 is 0 Å². The van der Waals surface area contributed by atoms with E-state index in [4.69, 9.17) is 5.10 Å². The Balaban J connectivity index is 2.21. The molecule has 0 aliphatic heterocycles. The summed E-state index contributed by atoms with van der Waals surface area (Å²) in [5, 5.41) is 4.87. The smallest absolute Gasteiger partial charge is 0.267 e. The van der Waals surface area contributed by atoms with Crippen LogP contribution < -0.4 is 0 Å². The first kappa shape index (κ1) is 18.6. The predicted octanol–water partition coefficient (Wildman–Crippen LogP) is 6.04. The zero-order valence-electron chi connectivity index (χ0n) is 16.6. The van der Waals surface area contributed by atoms with Gasteiger partial charge in [-0.2, -0.15) is 9.78 Å². The summed E-state index contributed by atoms with van der Waals surface area (Å²) in [6.45, 7) is 10.9. The maximum absolute atomic E-state index is 13.0. The van der Waals surface area contributed by atoms with Crippen molar-refractivity contribution in [2.24, 2.45) is 11.8 Å². The highest BCUT2D eigenvalue weighted by atomic mass is 16.2. The predicted molar refractivity (Wildman–Crippen MR) is 107 cm³/mol. The van der Waals surface area contributed by atoms with Crippen LogP contribution >= 0.6 is 0 Å². The first-order chi connectivity index (χ1) is 12.4. The van der Waals surface area contributed by atoms with Crippen molar-refractivity contribution in [2.45, 2.75) is 59.3 Å². The number of carbonyl (C=O) groups excluding carboxylic acids is 1. The zero-order chi connectivity index (χ0) is 18.8. The molecular weight excluding hydrogens is 320 g/mol. The molecule has 0 fully saturated rings. The third-order valence-corrected chi connectivity index (χ3v) is 5.39. The van der Waals surface area contributed by atoms with Crippen LogP contribution in [0, 0.1) is 11.8 Å². The molecule has 1 heterocycles. The van der Waals surface area contributed by atoms with Gasteiger partial charge in [-0.1, -0.05) is 71.0 Å². The summed E-state index contributed by atoms with van der Waals surface area (Å²) in [6, 6.07) is 10.2. The van der Waals surface area contributed by atoms with Crippen molar-refractivity contribution >= 4 is 5.91 Å². The van der Waals surface area contributed by atoms with Crippen molar-refractivity contribution in [1.29, 1.82) is 0 Å². The summed E-state index contributed by atoms with van der Waals surface area (Å²) in [5.74, 6) is 1.65. The minimum absolute atomic E-state index is 0.0540. The minimum atomic E-state index is -0.0540. The number of fused-ring (bicyclic) bond motifs is 1. The molecule has 2 aromatic rings. The second-order valence-corrected chi connectivity index (χ2v) is 8.20. The zero-order valence-corrected chi connectivity index (χ0v) is 16.6. The van der Waals surface area contributed by atoms with Crippen molar-refractivity contribution in [3.05, 3.63) is 53.7 Å². The third kappa shape index (κ3) is 3.53. The fourth-order valence-corrected chi connectivity index (χ4v) is 3.95. The number of hydrogen-bond acceptors (Lipinski definition) is 2. The third-order valence-electron chi connectivity index (χ3n) is 5.39. The lowest BCUT2D eigenvalue weighted by Gasteiger charge is -2.28. The Labute approximate surface area is 157 Å². The van der Waals surface area contributed by atoms with E-state index in [0.29, 0.717) is 23.7 Å². The van der Waals surface area contributed by atoms with Crippen LogP contribution in [0.3, 0.4) is 0 Å². The second-order valence-electron chi connectivity index (χ2n) is 8.20. The normalized spacial score (nSPS) is 20.1. The molecule has 2 atom stereocenters. The monoisotopic (exact) mass is 350 g/mol. The van der Waals surface area contributed by atoms with Crippen molar-refractivity contribution in [2.75, 3.05) is 0 Å². The van der Waals surface area contributed by atoms with Gasteiger partial charge in [-0.25, -0.2) is 0 Å². The summed E-state index contributed by atoms with van der Waals surface area (Å²) in [6.07, 6.45) is 5.91. The molecule has 0 radical (unpaired) electrons. The Morgan fingerprint density at radius 2 is 1.85 bits per heavy atom. The summed E-state index contributed by atoms with van der Waals surface area (Å²) < 4.78 is 1.65. The summed E-state index contributed by atoms with van der Waals surface area (Å²) in [4.78, 5) is 13.0. The lowest BCUT2D eigenvalue weighted by Crippen LogP contribution is -2.17. The number of hydrogen-bond donors (Lipinski definition) is 0. The fraction of sp³-hybridized carbons (Fsp3) is 0.478. The van der Waals surface area contributed by atoms with E-state index < -0.39 is 0 Å². The van der Waals surface area contributed by atoms with E-state index in [9.17, 15) is 4.79 Å². The van der Waals surface area contributed by atoms with Crippen LogP contribution in [0.4, 0.5) is 0 Å². The van der Waals surface area contributed by atoms with E-state index in [1.807, 2.05) is 24.3 Å². The molecule has 0 saturated carbocycles. The van der Waals surface area contributed by atoms with Gasteiger partial charge in [0.25, 0.3) is 5.91 Å². The molecule has 0 amide bonds. The van der Waals surface area contributed by atoms with Crippen LogP contribution in [0.1, 0.15) is 75.3 Å². The lowest BCUT2D eigenvalue weighted by molar-refractivity contribution is 0.0954. The molecule has 1 aliphatic rings. The van der Waals surface area contributed by atoms with Crippen molar-refractivity contribution in [3.63, 3.8) is 0 Å². The average Bonchev–Trinajstić information content (AvgIpc) is 3.01. The number of nitrogens with zero attached hydrogens (tertiary/aromatic N) is 2. The molecule has 0 bridgehead atoms. The van der Waals surface area contributed by atoms with Gasteiger partial charge in [0, 0.05) is 23.1 Å². The van der Waals surface area contributed by atoms with Crippen LogP contribution in [-0.4, -0.2) is 15.7 Å². The van der Waals surface area contributed by atoms with Crippen molar-refractivity contribution in [1.82, 2.24) is 9.78 Å². The number of benzene rings is 1. The van der Waals surface area contributed by atoms with E-state index in [0.717, 1.165) is 29.8 Å². The number of aromatic nitrogens is 2. The highest BCUT2D eigenvalue weighted by Crippen LogP contribution is 2.45. The minimum Gasteiger partial charge on any atom is -0.267 e. The molecule has 26 heavy (non-hydrogen) atoms. The first-order valence-corrected chi connectivity index (χ1v) is 9.80. The Kier molecular flexibility index (Phi) is 5.45. The van der Waals surface area contributed by atoms with Crippen molar-refractivity contribution in [3.8, 4) is 11.3 Å². The molecule has 0 N–H and O–H groups in total. The topological polar surface area (TPSA) is 34.9 Å². The van der Waals surface area contributed by atoms with Crippen LogP contribution in [-0.2, 0) is 0 Å². The van der Waals surface area contributed by atoms with Gasteiger partial charge in [-0.3, -0.25) is 4.79 Å². The number of rotatable bonds is 4. The van der Waals surface area contributed by atoms with E-state index in [2.05, 4.69) is 46.8 Å². The largest absolute Gasteiger partial charge is 0.271 e. The highest BCUT2D eigenvalue weighted by Gasteiger charge is 2.34. The Bertz CT molecular complexity index is 799. The van der Waals surface area contributed by atoms with E-state index in [1.54, 1.807) is 10.8 Å². The quantitative estimate of drug-likeness (QED) is 0.630. The van der Waals surface area contributed by atoms with Crippen molar-refractivity contribution < 1.29 is 4.79 Å². The fourth-order valence-electron chi connectivity index (χ4n) is 3.95. The van der Waals surface area contributed by atoms with Crippen LogP contribution in [0.15, 0.2) is 42.5 Å². The molecular formula is C23H30N2O. The highest BCUT2D eigenvalue weighted by molar-refractivity contribution is 5.93. The maximum Gasteiger partial charge on any atom is 0.271 e. The van der Waals surface area contributed by atoms with Gasteiger partial charge in [-0.05, 0) is 30.6 Å². The molecule has 0 spiro atoms. The van der Waals surface area contributed by atoms with E-state index in [-0.39, 0.29) is 5.91 Å². The van der Waals surface area contributed by atoms with Gasteiger partial charge in [-0.15, -0.1) is 0 Å². The van der Waals surface area contributed by atoms with Gasteiger partial charge in [0.2, 0.25) is 0 Å². The van der Waals surface area contributed by atoms with Gasteiger partial charge in [0.15, 0.2) is 0 Å². The average molecular weight is 351 g/mol. The number of allylic oxidation sites excluding steroid dienone is 2. The molecule has 1 aromatic heterocycles. The van der Waals surface area contributed by atoms with Crippen LogP contribution in [0.25, 0.3) is 11.3 Å². The van der Waals surface area contributed by atoms with Crippen LogP contribution in [0.2, 0.25) is 0 Å². The van der Waals surface area contributed by atoms with Gasteiger partial charge in [0.05, 0.1) is 11.4 Å². The van der Waals surface area contributed by atoms with E-state index in [1.165, 1.54) is 5.56 Å². The Morgan fingerprint density at radius 1 is 1.15 bits per heavy atom. The lowest BCUT2D eigenvalue weighted by atomic mass is 9.75. The Morgan fingerprint density at radius 3 is 2.46 bits per heavy atom. The molecule has 3 nitrogen and oxygen atoms in total. The van der Waals surface area contributed by atoms with Crippen LogP contribution in [0.5, 0.6) is 0 Å². The number of carbonyl (C=O) groups is 1. The maximum atomic E-state index is 13.0.